The Balaban J connectivity index is 1.73. The lowest BCUT2D eigenvalue weighted by molar-refractivity contribution is 0.102. The van der Waals surface area contributed by atoms with Crippen LogP contribution in [-0.4, -0.2) is 22.7 Å². The largest absolute Gasteiger partial charge is 0.494 e. The number of rotatable bonds is 6. The quantitative estimate of drug-likeness (QED) is 0.471. The molecule has 0 aliphatic carbocycles. The number of anilines is 2. The third-order valence-electron chi connectivity index (χ3n) is 4.78. The summed E-state index contributed by atoms with van der Waals surface area (Å²) >= 11 is 0. The van der Waals surface area contributed by atoms with Gasteiger partial charge in [0.05, 0.1) is 23.4 Å². The number of fused-ring (bicyclic) bond motifs is 1. The Morgan fingerprint density at radius 3 is 2.37 bits per heavy atom. The summed E-state index contributed by atoms with van der Waals surface area (Å²) in [6.07, 6.45) is 1.73. The summed E-state index contributed by atoms with van der Waals surface area (Å²) in [6.45, 7) is 2.47. The molecular weight excluding hydrogens is 378 g/mol. The first kappa shape index (κ1) is 19.3. The van der Waals surface area contributed by atoms with Gasteiger partial charge in [0.2, 0.25) is 5.78 Å². The summed E-state index contributed by atoms with van der Waals surface area (Å²) in [5, 5.41) is 2.85. The zero-order valence-corrected chi connectivity index (χ0v) is 16.5. The van der Waals surface area contributed by atoms with Crippen LogP contribution in [0.3, 0.4) is 0 Å². The predicted octanol–water partition coefficient (Wildman–Crippen LogP) is 4.40. The molecule has 0 saturated heterocycles. The normalized spacial score (nSPS) is 10.7. The number of pyridine rings is 1. The number of carbonyl (C=O) groups excluding carboxylic acids is 2. The molecule has 3 N–H and O–H groups in total. The van der Waals surface area contributed by atoms with Crippen LogP contribution >= 0.6 is 0 Å². The molecule has 30 heavy (non-hydrogen) atoms. The van der Waals surface area contributed by atoms with E-state index < -0.39 is 0 Å². The Morgan fingerprint density at radius 1 is 0.967 bits per heavy atom. The highest BCUT2D eigenvalue weighted by Crippen LogP contribution is 2.29. The number of nitrogen functional groups attached to an aromatic ring is 1. The fourth-order valence-corrected chi connectivity index (χ4v) is 3.42. The summed E-state index contributed by atoms with van der Waals surface area (Å²) in [5.74, 6) is 0.0990. The van der Waals surface area contributed by atoms with Crippen LogP contribution in [0.4, 0.5) is 11.4 Å². The molecule has 0 aliphatic heterocycles. The molecule has 0 fully saturated rings. The van der Waals surface area contributed by atoms with Gasteiger partial charge in [-0.3, -0.25) is 9.59 Å². The highest BCUT2D eigenvalue weighted by molar-refractivity contribution is 6.20. The minimum atomic E-state index is -0.382. The third-order valence-corrected chi connectivity index (χ3v) is 4.78. The second-order valence-corrected chi connectivity index (χ2v) is 6.70. The van der Waals surface area contributed by atoms with E-state index >= 15 is 0 Å². The van der Waals surface area contributed by atoms with Crippen molar-refractivity contribution in [2.24, 2.45) is 0 Å². The Bertz CT molecular complexity index is 1210. The van der Waals surface area contributed by atoms with Gasteiger partial charge in [-0.25, -0.2) is 0 Å². The SMILES string of the molecule is CCOc1ccc(NC(=O)c2c(N)c(C(=O)c3ccccc3)n3ccccc23)cc1. The molecule has 150 valence electrons. The molecule has 4 aromatic rings. The molecule has 6 nitrogen and oxygen atoms in total. The number of nitrogens with zero attached hydrogens (tertiary/aromatic N) is 1. The average molecular weight is 399 g/mol. The van der Waals surface area contributed by atoms with Crippen LogP contribution in [0.2, 0.25) is 0 Å². The van der Waals surface area contributed by atoms with Gasteiger partial charge < -0.3 is 20.2 Å². The van der Waals surface area contributed by atoms with Gasteiger partial charge in [-0.2, -0.15) is 0 Å². The number of benzene rings is 2. The van der Waals surface area contributed by atoms with Crippen LogP contribution in [0.1, 0.15) is 33.3 Å². The molecule has 0 saturated carbocycles. The number of hydrogen-bond donors (Lipinski definition) is 2. The van der Waals surface area contributed by atoms with E-state index in [1.165, 1.54) is 0 Å². The third kappa shape index (κ3) is 3.51. The zero-order valence-electron chi connectivity index (χ0n) is 16.5. The highest BCUT2D eigenvalue weighted by Gasteiger charge is 2.26. The van der Waals surface area contributed by atoms with Crippen LogP contribution in [-0.2, 0) is 0 Å². The Morgan fingerprint density at radius 2 is 1.67 bits per heavy atom. The molecule has 1 amide bonds. The molecule has 2 aromatic carbocycles. The second kappa shape index (κ2) is 8.13. The van der Waals surface area contributed by atoms with Gasteiger partial charge in [0.1, 0.15) is 11.4 Å². The van der Waals surface area contributed by atoms with E-state index in [0.29, 0.717) is 23.4 Å². The fourth-order valence-electron chi connectivity index (χ4n) is 3.42. The fraction of sp³-hybridized carbons (Fsp3) is 0.0833. The Hall–Kier alpha value is -4.06. The van der Waals surface area contributed by atoms with Crippen LogP contribution < -0.4 is 15.8 Å². The van der Waals surface area contributed by atoms with Gasteiger partial charge in [0.15, 0.2) is 0 Å². The highest BCUT2D eigenvalue weighted by atomic mass is 16.5. The molecule has 0 bridgehead atoms. The van der Waals surface area contributed by atoms with E-state index in [1.807, 2.05) is 13.0 Å². The number of amides is 1. The summed E-state index contributed by atoms with van der Waals surface area (Å²) in [5.41, 5.74) is 8.72. The van der Waals surface area contributed by atoms with Crippen LogP contribution in [0, 0.1) is 0 Å². The standard InChI is InChI=1S/C24H21N3O3/c1-2-30-18-13-11-17(12-14-18)26-24(29)20-19-10-6-7-15-27(19)22(21(20)25)23(28)16-8-4-3-5-9-16/h3-15H,2,25H2,1H3,(H,26,29). The molecule has 6 heteroatoms. The smallest absolute Gasteiger partial charge is 0.259 e. The van der Waals surface area contributed by atoms with Crippen LogP contribution in [0.25, 0.3) is 5.52 Å². The van der Waals surface area contributed by atoms with E-state index in [9.17, 15) is 9.59 Å². The Kier molecular flexibility index (Phi) is 5.22. The number of carbonyl (C=O) groups is 2. The number of nitrogens with one attached hydrogen (secondary N) is 1. The van der Waals surface area contributed by atoms with E-state index in [-0.39, 0.29) is 28.6 Å². The first-order valence-electron chi connectivity index (χ1n) is 9.62. The average Bonchev–Trinajstić information content (AvgIpc) is 3.07. The van der Waals surface area contributed by atoms with Gasteiger partial charge in [0, 0.05) is 17.4 Å². The maximum atomic E-state index is 13.1. The van der Waals surface area contributed by atoms with Crippen molar-refractivity contribution >= 4 is 28.6 Å². The second-order valence-electron chi connectivity index (χ2n) is 6.70. The summed E-state index contributed by atoms with van der Waals surface area (Å²) in [7, 11) is 0. The van der Waals surface area contributed by atoms with Gasteiger partial charge in [-0.1, -0.05) is 36.4 Å². The molecule has 0 radical (unpaired) electrons. The molecule has 0 unspecified atom stereocenters. The van der Waals surface area contributed by atoms with E-state index in [0.717, 1.165) is 5.75 Å². The molecule has 0 atom stereocenters. The summed E-state index contributed by atoms with van der Waals surface area (Å²) in [6, 6.07) is 21.3. The molecule has 2 heterocycles. The monoisotopic (exact) mass is 399 g/mol. The van der Waals surface area contributed by atoms with Crippen LogP contribution in [0.5, 0.6) is 5.75 Å². The van der Waals surface area contributed by atoms with Crippen molar-refractivity contribution in [3.8, 4) is 5.75 Å². The van der Waals surface area contributed by atoms with Gasteiger partial charge in [-0.05, 0) is 43.3 Å². The van der Waals surface area contributed by atoms with Gasteiger partial charge in [-0.15, -0.1) is 0 Å². The molecular formula is C24H21N3O3. The van der Waals surface area contributed by atoms with Gasteiger partial charge >= 0.3 is 0 Å². The van der Waals surface area contributed by atoms with Crippen molar-refractivity contribution in [3.05, 3.63) is 95.8 Å². The maximum absolute atomic E-state index is 13.1. The predicted molar refractivity (Wildman–Crippen MR) is 117 cm³/mol. The minimum Gasteiger partial charge on any atom is -0.494 e. The zero-order chi connectivity index (χ0) is 21.1. The van der Waals surface area contributed by atoms with E-state index in [2.05, 4.69) is 5.32 Å². The number of nitrogens with two attached hydrogens (primary N) is 1. The van der Waals surface area contributed by atoms with Crippen molar-refractivity contribution in [1.29, 1.82) is 0 Å². The van der Waals surface area contributed by atoms with Crippen molar-refractivity contribution in [2.75, 3.05) is 17.7 Å². The topological polar surface area (TPSA) is 85.8 Å². The summed E-state index contributed by atoms with van der Waals surface area (Å²) in [4.78, 5) is 26.2. The molecule has 4 rings (SSSR count). The van der Waals surface area contributed by atoms with Crippen molar-refractivity contribution in [1.82, 2.24) is 4.40 Å². The van der Waals surface area contributed by atoms with E-state index in [1.54, 1.807) is 77.3 Å². The Labute approximate surface area is 173 Å². The lowest BCUT2D eigenvalue weighted by atomic mass is 10.1. The molecule has 0 aliphatic rings. The lowest BCUT2D eigenvalue weighted by Crippen LogP contribution is -2.14. The van der Waals surface area contributed by atoms with Gasteiger partial charge in [0.25, 0.3) is 5.91 Å². The van der Waals surface area contributed by atoms with Crippen molar-refractivity contribution in [2.45, 2.75) is 6.92 Å². The lowest BCUT2D eigenvalue weighted by Gasteiger charge is -2.07. The number of ether oxygens (including phenoxy) is 1. The van der Waals surface area contributed by atoms with Crippen molar-refractivity contribution in [3.63, 3.8) is 0 Å². The maximum Gasteiger partial charge on any atom is 0.259 e. The minimum absolute atomic E-state index is 0.151. The van der Waals surface area contributed by atoms with Crippen molar-refractivity contribution < 1.29 is 14.3 Å². The number of hydrogen-bond acceptors (Lipinski definition) is 4. The molecule has 2 aromatic heterocycles. The molecule has 0 spiro atoms. The van der Waals surface area contributed by atoms with Crippen LogP contribution in [0.15, 0.2) is 79.0 Å². The first-order valence-corrected chi connectivity index (χ1v) is 9.62. The summed E-state index contributed by atoms with van der Waals surface area (Å²) < 4.78 is 7.09. The number of aromatic nitrogens is 1. The number of ketones is 1. The first-order chi connectivity index (χ1) is 14.6. The van der Waals surface area contributed by atoms with E-state index in [4.69, 9.17) is 10.5 Å².